The molecule has 0 aliphatic heterocycles. The smallest absolute Gasteiger partial charge is 0.161 e. The molecule has 1 aromatic rings. The van der Waals surface area contributed by atoms with E-state index in [1.807, 2.05) is 17.9 Å². The number of ether oxygens (including phenoxy) is 1. The van der Waals surface area contributed by atoms with Crippen LogP contribution in [0.1, 0.15) is 37.9 Å². The van der Waals surface area contributed by atoms with Crippen molar-refractivity contribution in [3.8, 4) is 5.75 Å². The minimum absolute atomic E-state index is 0.366. The van der Waals surface area contributed by atoms with E-state index in [0.717, 1.165) is 18.2 Å². The molecule has 0 spiro atoms. The van der Waals surface area contributed by atoms with E-state index in [-0.39, 0.29) is 0 Å². The number of aromatic nitrogens is 2. The Morgan fingerprint density at radius 1 is 1.62 bits per heavy atom. The SMILES string of the molecule is CCn1ncc(OC)c1C(CC1CC1)NC. The summed E-state index contributed by atoms with van der Waals surface area (Å²) in [4.78, 5) is 0. The molecule has 16 heavy (non-hydrogen) atoms. The first-order chi connectivity index (χ1) is 7.80. The van der Waals surface area contributed by atoms with E-state index < -0.39 is 0 Å². The second-order valence-corrected chi connectivity index (χ2v) is 4.43. The number of nitrogens with one attached hydrogen (secondary N) is 1. The summed E-state index contributed by atoms with van der Waals surface area (Å²) in [6.45, 7) is 3.00. The van der Waals surface area contributed by atoms with Crippen molar-refractivity contribution in [2.75, 3.05) is 14.2 Å². The molecule has 0 radical (unpaired) electrons. The molecule has 4 nitrogen and oxygen atoms in total. The fourth-order valence-corrected chi connectivity index (χ4v) is 2.19. The summed E-state index contributed by atoms with van der Waals surface area (Å²) in [6, 6.07) is 0.366. The number of methoxy groups -OCH3 is 1. The van der Waals surface area contributed by atoms with Gasteiger partial charge in [-0.05, 0) is 26.3 Å². The molecule has 1 fully saturated rings. The molecule has 0 aromatic carbocycles. The highest BCUT2D eigenvalue weighted by atomic mass is 16.5. The van der Waals surface area contributed by atoms with Gasteiger partial charge in [-0.3, -0.25) is 4.68 Å². The van der Waals surface area contributed by atoms with E-state index in [4.69, 9.17) is 4.74 Å². The first-order valence-electron chi connectivity index (χ1n) is 6.07. The molecule has 2 rings (SSSR count). The average Bonchev–Trinajstić information content (AvgIpc) is 3.03. The fourth-order valence-electron chi connectivity index (χ4n) is 2.19. The van der Waals surface area contributed by atoms with Gasteiger partial charge in [-0.25, -0.2) is 0 Å². The van der Waals surface area contributed by atoms with Crippen molar-refractivity contribution in [1.29, 1.82) is 0 Å². The summed E-state index contributed by atoms with van der Waals surface area (Å²) in [5.74, 6) is 1.80. The third-order valence-corrected chi connectivity index (χ3v) is 3.31. The Morgan fingerprint density at radius 3 is 2.88 bits per heavy atom. The summed E-state index contributed by atoms with van der Waals surface area (Å²) >= 11 is 0. The summed E-state index contributed by atoms with van der Waals surface area (Å²) in [6.07, 6.45) is 5.76. The van der Waals surface area contributed by atoms with Crippen LogP contribution in [0.3, 0.4) is 0 Å². The minimum atomic E-state index is 0.366. The van der Waals surface area contributed by atoms with E-state index in [0.29, 0.717) is 6.04 Å². The molecule has 90 valence electrons. The Morgan fingerprint density at radius 2 is 2.38 bits per heavy atom. The maximum absolute atomic E-state index is 5.39. The Kier molecular flexibility index (Phi) is 3.49. The summed E-state index contributed by atoms with van der Waals surface area (Å²) < 4.78 is 7.42. The predicted octanol–water partition coefficient (Wildman–Crippen LogP) is 1.97. The molecule has 1 N–H and O–H groups in total. The Labute approximate surface area is 97.0 Å². The van der Waals surface area contributed by atoms with Crippen LogP contribution in [0.15, 0.2) is 6.20 Å². The molecule has 0 bridgehead atoms. The van der Waals surface area contributed by atoms with Crippen LogP contribution in [0.4, 0.5) is 0 Å². The van der Waals surface area contributed by atoms with Gasteiger partial charge in [-0.1, -0.05) is 12.8 Å². The van der Waals surface area contributed by atoms with Crippen LogP contribution < -0.4 is 10.1 Å². The van der Waals surface area contributed by atoms with Crippen molar-refractivity contribution >= 4 is 0 Å². The fraction of sp³-hybridized carbons (Fsp3) is 0.750. The van der Waals surface area contributed by atoms with Crippen LogP contribution in [0.2, 0.25) is 0 Å². The second-order valence-electron chi connectivity index (χ2n) is 4.43. The van der Waals surface area contributed by atoms with Crippen LogP contribution >= 0.6 is 0 Å². The van der Waals surface area contributed by atoms with Gasteiger partial charge in [0.15, 0.2) is 5.75 Å². The lowest BCUT2D eigenvalue weighted by Crippen LogP contribution is -2.21. The Bertz CT molecular complexity index is 323. The number of rotatable bonds is 6. The molecule has 1 unspecified atom stereocenters. The highest BCUT2D eigenvalue weighted by molar-refractivity contribution is 5.28. The van der Waals surface area contributed by atoms with Gasteiger partial charge in [0.25, 0.3) is 0 Å². The third-order valence-electron chi connectivity index (χ3n) is 3.31. The van der Waals surface area contributed by atoms with Crippen LogP contribution in [-0.4, -0.2) is 23.9 Å². The zero-order valence-electron chi connectivity index (χ0n) is 10.4. The van der Waals surface area contributed by atoms with E-state index in [2.05, 4.69) is 17.3 Å². The number of nitrogens with zero attached hydrogens (tertiary/aromatic N) is 2. The van der Waals surface area contributed by atoms with Crippen LogP contribution in [-0.2, 0) is 6.54 Å². The maximum Gasteiger partial charge on any atom is 0.161 e. The molecule has 0 saturated heterocycles. The van der Waals surface area contributed by atoms with Gasteiger partial charge in [0.2, 0.25) is 0 Å². The molecule has 1 aliphatic carbocycles. The highest BCUT2D eigenvalue weighted by Gasteiger charge is 2.29. The standard InChI is InChI=1S/C12H21N3O/c1-4-15-12(11(16-3)8-14-15)10(13-2)7-9-5-6-9/h8-10,13H,4-7H2,1-3H3. The van der Waals surface area contributed by atoms with Crippen molar-refractivity contribution in [3.63, 3.8) is 0 Å². The van der Waals surface area contributed by atoms with E-state index in [9.17, 15) is 0 Å². The Hall–Kier alpha value is -1.03. The lowest BCUT2D eigenvalue weighted by molar-refractivity contribution is 0.387. The molecule has 1 atom stereocenters. The molecule has 0 amide bonds. The van der Waals surface area contributed by atoms with Crippen LogP contribution in [0.25, 0.3) is 0 Å². The molecule has 1 saturated carbocycles. The molecule has 1 aliphatic rings. The van der Waals surface area contributed by atoms with Crippen molar-refractivity contribution < 1.29 is 4.74 Å². The summed E-state index contributed by atoms with van der Waals surface area (Å²) in [5.41, 5.74) is 1.19. The van der Waals surface area contributed by atoms with Crippen LogP contribution in [0.5, 0.6) is 5.75 Å². The molecule has 4 heteroatoms. The molecule has 1 aromatic heterocycles. The van der Waals surface area contributed by atoms with Gasteiger partial charge < -0.3 is 10.1 Å². The van der Waals surface area contributed by atoms with Crippen molar-refractivity contribution in [2.45, 2.75) is 38.8 Å². The predicted molar refractivity (Wildman–Crippen MR) is 63.6 cm³/mol. The number of hydrogen-bond donors (Lipinski definition) is 1. The lowest BCUT2D eigenvalue weighted by atomic mass is 10.1. The van der Waals surface area contributed by atoms with E-state index in [1.165, 1.54) is 25.0 Å². The van der Waals surface area contributed by atoms with Gasteiger partial charge in [0.05, 0.1) is 25.0 Å². The van der Waals surface area contributed by atoms with E-state index >= 15 is 0 Å². The van der Waals surface area contributed by atoms with Crippen molar-refractivity contribution in [1.82, 2.24) is 15.1 Å². The normalized spacial score (nSPS) is 17.4. The summed E-state index contributed by atoms with van der Waals surface area (Å²) in [5, 5.41) is 7.74. The second kappa shape index (κ2) is 4.87. The number of aryl methyl sites for hydroxylation is 1. The number of hydrogen-bond acceptors (Lipinski definition) is 3. The van der Waals surface area contributed by atoms with E-state index in [1.54, 1.807) is 7.11 Å². The zero-order valence-corrected chi connectivity index (χ0v) is 10.4. The van der Waals surface area contributed by atoms with Gasteiger partial charge >= 0.3 is 0 Å². The molecule has 1 heterocycles. The maximum atomic E-state index is 5.39. The topological polar surface area (TPSA) is 39.1 Å². The average molecular weight is 223 g/mol. The highest BCUT2D eigenvalue weighted by Crippen LogP contribution is 2.39. The van der Waals surface area contributed by atoms with Crippen molar-refractivity contribution in [2.24, 2.45) is 5.92 Å². The quantitative estimate of drug-likeness (QED) is 0.801. The van der Waals surface area contributed by atoms with Gasteiger partial charge in [0, 0.05) is 6.54 Å². The van der Waals surface area contributed by atoms with Gasteiger partial charge in [-0.15, -0.1) is 0 Å². The largest absolute Gasteiger partial charge is 0.493 e. The lowest BCUT2D eigenvalue weighted by Gasteiger charge is -2.18. The monoisotopic (exact) mass is 223 g/mol. The first-order valence-corrected chi connectivity index (χ1v) is 6.07. The summed E-state index contributed by atoms with van der Waals surface area (Å²) in [7, 11) is 3.73. The zero-order chi connectivity index (χ0) is 11.5. The Balaban J connectivity index is 2.22. The van der Waals surface area contributed by atoms with Crippen LogP contribution in [0, 0.1) is 5.92 Å². The van der Waals surface area contributed by atoms with Crippen molar-refractivity contribution in [3.05, 3.63) is 11.9 Å². The van der Waals surface area contributed by atoms with Gasteiger partial charge in [0.1, 0.15) is 0 Å². The first kappa shape index (κ1) is 11.5. The third kappa shape index (κ3) is 2.21. The van der Waals surface area contributed by atoms with Gasteiger partial charge in [-0.2, -0.15) is 5.10 Å². The minimum Gasteiger partial charge on any atom is -0.493 e. The molecular weight excluding hydrogens is 202 g/mol. The molecular formula is C12H21N3O.